The summed E-state index contributed by atoms with van der Waals surface area (Å²) in [5.41, 5.74) is 5.31. The van der Waals surface area contributed by atoms with Gasteiger partial charge in [0, 0.05) is 24.3 Å². The van der Waals surface area contributed by atoms with Crippen LogP contribution in [0.1, 0.15) is 48.2 Å². The molecule has 0 atom stereocenters. The molecule has 1 aliphatic carbocycles. The third-order valence-corrected chi connectivity index (χ3v) is 5.55. The second-order valence-corrected chi connectivity index (χ2v) is 7.66. The molecule has 1 aromatic heterocycles. The van der Waals surface area contributed by atoms with Crippen LogP contribution in [0.3, 0.4) is 0 Å². The van der Waals surface area contributed by atoms with Crippen LogP contribution in [0.5, 0.6) is 0 Å². The maximum absolute atomic E-state index is 12.6. The Kier molecular flexibility index (Phi) is 5.85. The summed E-state index contributed by atoms with van der Waals surface area (Å²) in [6.07, 6.45) is 2.98. The van der Waals surface area contributed by atoms with E-state index in [1.807, 2.05) is 30.8 Å². The number of hydrogen-bond acceptors (Lipinski definition) is 3. The van der Waals surface area contributed by atoms with Crippen molar-refractivity contribution in [1.29, 1.82) is 0 Å². The van der Waals surface area contributed by atoms with E-state index in [-0.39, 0.29) is 18.2 Å². The second kappa shape index (κ2) is 8.13. The van der Waals surface area contributed by atoms with E-state index in [4.69, 9.17) is 5.10 Å². The van der Waals surface area contributed by atoms with Crippen LogP contribution in [-0.2, 0) is 6.54 Å². The number of urea groups is 1. The molecule has 6 nitrogen and oxygen atoms in total. The minimum Gasteiger partial charge on any atom is -0.393 e. The van der Waals surface area contributed by atoms with Crippen LogP contribution in [0.4, 0.5) is 4.79 Å². The molecule has 2 aromatic rings. The lowest BCUT2D eigenvalue weighted by molar-refractivity contribution is 0.115. The number of hydrogen-bond donors (Lipinski definition) is 2. The Bertz CT molecular complexity index is 807. The Labute approximate surface area is 161 Å². The molecule has 0 saturated heterocycles. The van der Waals surface area contributed by atoms with E-state index in [0.29, 0.717) is 6.54 Å². The minimum atomic E-state index is -0.214. The number of nitrogens with zero attached hydrogens (tertiary/aromatic N) is 3. The maximum atomic E-state index is 12.6. The first kappa shape index (κ1) is 19.4. The van der Waals surface area contributed by atoms with Gasteiger partial charge in [0.2, 0.25) is 0 Å². The van der Waals surface area contributed by atoms with Crippen LogP contribution < -0.4 is 5.32 Å². The molecular weight excluding hydrogens is 340 g/mol. The number of para-hydroxylation sites is 1. The van der Waals surface area contributed by atoms with E-state index in [1.54, 1.807) is 4.90 Å². The quantitative estimate of drug-likeness (QED) is 0.868. The zero-order valence-electron chi connectivity index (χ0n) is 16.7. The molecule has 27 heavy (non-hydrogen) atoms. The summed E-state index contributed by atoms with van der Waals surface area (Å²) < 4.78 is 1.97. The van der Waals surface area contributed by atoms with Crippen LogP contribution in [-0.4, -0.2) is 45.0 Å². The molecule has 3 rings (SSSR count). The second-order valence-electron chi connectivity index (χ2n) is 7.66. The lowest BCUT2D eigenvalue weighted by Crippen LogP contribution is -2.44. The van der Waals surface area contributed by atoms with Gasteiger partial charge in [-0.2, -0.15) is 5.10 Å². The molecule has 1 aliphatic rings. The summed E-state index contributed by atoms with van der Waals surface area (Å²) >= 11 is 0. The number of carbonyl (C=O) groups excluding carboxylic acids is 1. The van der Waals surface area contributed by atoms with E-state index in [2.05, 4.69) is 31.3 Å². The topological polar surface area (TPSA) is 70.4 Å². The molecule has 0 aliphatic heterocycles. The fourth-order valence-corrected chi connectivity index (χ4v) is 3.75. The summed E-state index contributed by atoms with van der Waals surface area (Å²) in [6.45, 7) is 6.64. The van der Waals surface area contributed by atoms with Gasteiger partial charge in [-0.1, -0.05) is 18.2 Å². The normalized spacial score (nSPS) is 19.7. The zero-order chi connectivity index (χ0) is 19.6. The van der Waals surface area contributed by atoms with Crippen molar-refractivity contribution in [2.75, 3.05) is 7.05 Å². The highest BCUT2D eigenvalue weighted by atomic mass is 16.3. The molecule has 0 unspecified atom stereocenters. The minimum absolute atomic E-state index is 0.0705. The molecule has 2 N–H and O–H groups in total. The summed E-state index contributed by atoms with van der Waals surface area (Å²) in [6, 6.07) is 8.25. The van der Waals surface area contributed by atoms with E-state index in [1.165, 1.54) is 5.56 Å². The lowest BCUT2D eigenvalue weighted by atomic mass is 9.93. The van der Waals surface area contributed by atoms with Gasteiger partial charge in [0.1, 0.15) is 0 Å². The Morgan fingerprint density at radius 3 is 2.56 bits per heavy atom. The van der Waals surface area contributed by atoms with Gasteiger partial charge in [0.15, 0.2) is 0 Å². The van der Waals surface area contributed by atoms with E-state index >= 15 is 0 Å². The van der Waals surface area contributed by atoms with Crippen LogP contribution in [0.15, 0.2) is 24.3 Å². The van der Waals surface area contributed by atoms with Crippen molar-refractivity contribution in [2.45, 2.75) is 65.1 Å². The Balaban J connectivity index is 1.70. The molecule has 6 heteroatoms. The van der Waals surface area contributed by atoms with Gasteiger partial charge < -0.3 is 15.3 Å². The predicted molar refractivity (Wildman–Crippen MR) is 106 cm³/mol. The molecule has 1 fully saturated rings. The van der Waals surface area contributed by atoms with Gasteiger partial charge in [-0.15, -0.1) is 0 Å². The molecule has 1 saturated carbocycles. The van der Waals surface area contributed by atoms with Crippen LogP contribution >= 0.6 is 0 Å². The average Bonchev–Trinajstić information content (AvgIpc) is 2.92. The highest BCUT2D eigenvalue weighted by molar-refractivity contribution is 5.74. The van der Waals surface area contributed by atoms with Gasteiger partial charge in [0.25, 0.3) is 0 Å². The highest BCUT2D eigenvalue weighted by Gasteiger charge is 2.23. The SMILES string of the molecule is Cc1ccccc1-n1nc(C)c(CN(C)C(=O)NC2CCC(O)CC2)c1C. The van der Waals surface area contributed by atoms with Crippen molar-refractivity contribution in [1.82, 2.24) is 20.0 Å². The van der Waals surface area contributed by atoms with E-state index in [0.717, 1.165) is 48.3 Å². The predicted octanol–water partition coefficient (Wildman–Crippen LogP) is 3.24. The van der Waals surface area contributed by atoms with Crippen molar-refractivity contribution >= 4 is 6.03 Å². The molecule has 0 spiro atoms. The third-order valence-electron chi connectivity index (χ3n) is 5.55. The Morgan fingerprint density at radius 1 is 1.22 bits per heavy atom. The van der Waals surface area contributed by atoms with Crippen molar-refractivity contribution in [2.24, 2.45) is 0 Å². The standard InChI is InChI=1S/C21H30N4O2/c1-14-7-5-6-8-20(14)25-16(3)19(15(2)23-25)13-24(4)21(27)22-17-9-11-18(26)12-10-17/h5-8,17-18,26H,9-13H2,1-4H3,(H,22,27). The Morgan fingerprint density at radius 2 is 1.89 bits per heavy atom. The number of carbonyl (C=O) groups is 1. The molecule has 0 radical (unpaired) electrons. The van der Waals surface area contributed by atoms with Crippen molar-refractivity contribution in [3.8, 4) is 5.69 Å². The number of aliphatic hydroxyl groups is 1. The number of nitrogens with one attached hydrogen (secondary N) is 1. The summed E-state index contributed by atoms with van der Waals surface area (Å²) in [5.74, 6) is 0. The molecule has 1 aromatic carbocycles. The number of amides is 2. The average molecular weight is 370 g/mol. The smallest absolute Gasteiger partial charge is 0.317 e. The van der Waals surface area contributed by atoms with Crippen LogP contribution in [0.25, 0.3) is 5.69 Å². The number of benzene rings is 1. The first-order valence-electron chi connectivity index (χ1n) is 9.67. The molecule has 0 bridgehead atoms. The number of aryl methyl sites for hydroxylation is 2. The molecule has 146 valence electrons. The van der Waals surface area contributed by atoms with Gasteiger partial charge in [-0.3, -0.25) is 0 Å². The fraction of sp³-hybridized carbons (Fsp3) is 0.524. The Hall–Kier alpha value is -2.34. The van der Waals surface area contributed by atoms with E-state index < -0.39 is 0 Å². The fourth-order valence-electron chi connectivity index (χ4n) is 3.75. The van der Waals surface area contributed by atoms with Gasteiger partial charge in [-0.05, 0) is 58.1 Å². The van der Waals surface area contributed by atoms with E-state index in [9.17, 15) is 9.90 Å². The van der Waals surface area contributed by atoms with Crippen molar-refractivity contribution < 1.29 is 9.90 Å². The maximum Gasteiger partial charge on any atom is 0.317 e. The number of rotatable bonds is 4. The van der Waals surface area contributed by atoms with Gasteiger partial charge in [0.05, 0.1) is 24.0 Å². The van der Waals surface area contributed by atoms with Gasteiger partial charge in [-0.25, -0.2) is 9.48 Å². The number of aliphatic hydroxyl groups excluding tert-OH is 1. The monoisotopic (exact) mass is 370 g/mol. The third kappa shape index (κ3) is 4.33. The zero-order valence-corrected chi connectivity index (χ0v) is 16.7. The van der Waals surface area contributed by atoms with Crippen LogP contribution in [0.2, 0.25) is 0 Å². The highest BCUT2D eigenvalue weighted by Crippen LogP contribution is 2.22. The number of aromatic nitrogens is 2. The largest absolute Gasteiger partial charge is 0.393 e. The summed E-state index contributed by atoms with van der Waals surface area (Å²) in [4.78, 5) is 14.3. The first-order valence-corrected chi connectivity index (χ1v) is 9.67. The summed E-state index contributed by atoms with van der Waals surface area (Å²) in [5, 5.41) is 17.4. The molecule has 1 heterocycles. The van der Waals surface area contributed by atoms with Crippen LogP contribution in [0, 0.1) is 20.8 Å². The van der Waals surface area contributed by atoms with Crippen molar-refractivity contribution in [3.05, 3.63) is 46.8 Å². The summed E-state index contributed by atoms with van der Waals surface area (Å²) in [7, 11) is 1.82. The van der Waals surface area contributed by atoms with Crippen molar-refractivity contribution in [3.63, 3.8) is 0 Å². The van der Waals surface area contributed by atoms with Gasteiger partial charge >= 0.3 is 6.03 Å². The molecule has 2 amide bonds. The lowest BCUT2D eigenvalue weighted by Gasteiger charge is -2.28. The first-order chi connectivity index (χ1) is 12.9. The molecular formula is C21H30N4O2.